The minimum Gasteiger partial charge on any atom is -0.355 e. The van der Waals surface area contributed by atoms with E-state index in [0.717, 1.165) is 29.1 Å². The van der Waals surface area contributed by atoms with Gasteiger partial charge in [0.25, 0.3) is 0 Å². The van der Waals surface area contributed by atoms with Gasteiger partial charge in [-0.2, -0.15) is 0 Å². The fourth-order valence-electron chi connectivity index (χ4n) is 3.32. The van der Waals surface area contributed by atoms with E-state index < -0.39 is 0 Å². The average molecular weight is 429 g/mol. The molecule has 156 valence electrons. The molecule has 1 amide bonds. The number of aromatic nitrogens is 3. The van der Waals surface area contributed by atoms with Gasteiger partial charge in [-0.1, -0.05) is 84.1 Å². The van der Waals surface area contributed by atoms with Crippen LogP contribution in [0.4, 0.5) is 0 Å². The number of benzene rings is 3. The van der Waals surface area contributed by atoms with Crippen molar-refractivity contribution in [2.24, 2.45) is 0 Å². The lowest BCUT2D eigenvalue weighted by Crippen LogP contribution is -2.27. The molecule has 0 bridgehead atoms. The summed E-state index contributed by atoms with van der Waals surface area (Å²) in [5, 5.41) is 12.5. The van der Waals surface area contributed by atoms with Crippen LogP contribution in [0, 0.1) is 6.92 Å². The zero-order valence-corrected chi connectivity index (χ0v) is 18.2. The number of para-hydroxylation sites is 1. The van der Waals surface area contributed by atoms with Crippen molar-refractivity contribution in [2.45, 2.75) is 18.5 Å². The highest BCUT2D eigenvalue weighted by atomic mass is 32.2. The van der Waals surface area contributed by atoms with Crippen LogP contribution in [0.3, 0.4) is 0 Å². The number of carbonyl (C=O) groups is 1. The zero-order valence-electron chi connectivity index (χ0n) is 17.4. The molecule has 0 aliphatic heterocycles. The highest BCUT2D eigenvalue weighted by molar-refractivity contribution is 7.99. The van der Waals surface area contributed by atoms with E-state index in [4.69, 9.17) is 0 Å². The number of thioether (sulfide) groups is 1. The maximum atomic E-state index is 12.4. The molecular weight excluding hydrogens is 404 g/mol. The molecule has 4 aromatic rings. The van der Waals surface area contributed by atoms with Crippen molar-refractivity contribution in [1.82, 2.24) is 20.1 Å². The summed E-state index contributed by atoms with van der Waals surface area (Å²) in [6.45, 7) is 2.67. The molecule has 0 atom stereocenters. The number of hydrogen-bond acceptors (Lipinski definition) is 4. The van der Waals surface area contributed by atoms with Gasteiger partial charge in [0.1, 0.15) is 0 Å². The Hall–Kier alpha value is -3.38. The summed E-state index contributed by atoms with van der Waals surface area (Å²) in [4.78, 5) is 12.4. The number of aryl methyl sites for hydroxylation is 1. The first kappa shape index (κ1) is 20.9. The van der Waals surface area contributed by atoms with E-state index in [0.29, 0.717) is 11.7 Å². The lowest BCUT2D eigenvalue weighted by Gasteiger charge is -2.11. The highest BCUT2D eigenvalue weighted by Gasteiger charge is 2.17. The molecule has 4 rings (SSSR count). The fraction of sp³-hybridized carbons (Fsp3) is 0.160. The molecule has 0 saturated carbocycles. The van der Waals surface area contributed by atoms with Gasteiger partial charge < -0.3 is 5.32 Å². The predicted molar refractivity (Wildman–Crippen MR) is 125 cm³/mol. The molecule has 1 N–H and O–H groups in total. The largest absolute Gasteiger partial charge is 0.355 e. The van der Waals surface area contributed by atoms with Crippen molar-refractivity contribution in [2.75, 3.05) is 12.3 Å². The fourth-order valence-corrected chi connectivity index (χ4v) is 4.10. The minimum atomic E-state index is -0.0133. The van der Waals surface area contributed by atoms with Crippen LogP contribution < -0.4 is 5.32 Å². The second-order valence-corrected chi connectivity index (χ2v) is 8.16. The third-order valence-electron chi connectivity index (χ3n) is 4.84. The van der Waals surface area contributed by atoms with E-state index >= 15 is 0 Å². The number of amides is 1. The Morgan fingerprint density at radius 1 is 0.935 bits per heavy atom. The summed E-state index contributed by atoms with van der Waals surface area (Å²) in [7, 11) is 0. The Balaban J connectivity index is 1.47. The lowest BCUT2D eigenvalue weighted by atomic mass is 10.1. The van der Waals surface area contributed by atoms with Gasteiger partial charge in [0.15, 0.2) is 11.0 Å². The van der Waals surface area contributed by atoms with Crippen molar-refractivity contribution in [3.05, 3.63) is 96.1 Å². The molecule has 3 aromatic carbocycles. The van der Waals surface area contributed by atoms with E-state index in [1.165, 1.54) is 17.3 Å². The van der Waals surface area contributed by atoms with Crippen molar-refractivity contribution in [1.29, 1.82) is 0 Å². The van der Waals surface area contributed by atoms with Crippen LogP contribution >= 0.6 is 11.8 Å². The number of hydrogen-bond donors (Lipinski definition) is 1. The molecule has 0 spiro atoms. The maximum absolute atomic E-state index is 12.4. The van der Waals surface area contributed by atoms with Crippen molar-refractivity contribution in [3.8, 4) is 17.1 Å². The van der Waals surface area contributed by atoms with Gasteiger partial charge in [0.05, 0.1) is 5.75 Å². The summed E-state index contributed by atoms with van der Waals surface area (Å²) < 4.78 is 2.01. The van der Waals surface area contributed by atoms with Crippen LogP contribution in [-0.4, -0.2) is 33.0 Å². The average Bonchev–Trinajstić information content (AvgIpc) is 3.23. The monoisotopic (exact) mass is 428 g/mol. The molecule has 0 unspecified atom stereocenters. The summed E-state index contributed by atoms with van der Waals surface area (Å²) in [6, 6.07) is 28.3. The molecule has 0 radical (unpaired) electrons. The van der Waals surface area contributed by atoms with Crippen LogP contribution in [0.2, 0.25) is 0 Å². The first-order valence-electron chi connectivity index (χ1n) is 10.2. The van der Waals surface area contributed by atoms with E-state index in [9.17, 15) is 4.79 Å². The maximum Gasteiger partial charge on any atom is 0.230 e. The summed E-state index contributed by atoms with van der Waals surface area (Å²) in [6.07, 6.45) is 0.814. The number of nitrogens with zero attached hydrogens (tertiary/aromatic N) is 3. The quantitative estimate of drug-likeness (QED) is 0.414. The topological polar surface area (TPSA) is 59.8 Å². The zero-order chi connectivity index (χ0) is 21.5. The third-order valence-corrected chi connectivity index (χ3v) is 5.76. The second-order valence-electron chi connectivity index (χ2n) is 7.22. The van der Waals surface area contributed by atoms with Crippen molar-refractivity contribution >= 4 is 17.7 Å². The first-order valence-corrected chi connectivity index (χ1v) is 11.2. The van der Waals surface area contributed by atoms with Gasteiger partial charge in [0.2, 0.25) is 5.91 Å². The van der Waals surface area contributed by atoms with Crippen molar-refractivity contribution < 1.29 is 4.79 Å². The highest BCUT2D eigenvalue weighted by Crippen LogP contribution is 2.28. The molecule has 6 heteroatoms. The van der Waals surface area contributed by atoms with E-state index in [-0.39, 0.29) is 11.7 Å². The Bertz CT molecular complexity index is 1140. The Kier molecular flexibility index (Phi) is 6.79. The second kappa shape index (κ2) is 10.1. The van der Waals surface area contributed by atoms with Gasteiger partial charge in [-0.05, 0) is 37.1 Å². The summed E-state index contributed by atoms with van der Waals surface area (Å²) in [5.74, 6) is 1.04. The Labute approximate surface area is 186 Å². The standard InChI is InChI=1S/C25H24N4OS/c1-19-9-8-12-21(17-19)24-27-28-25(29(24)22-13-6-3-7-14-22)31-18-23(30)26-16-15-20-10-4-2-5-11-20/h2-14,17H,15-16,18H2,1H3,(H,26,30). The Morgan fingerprint density at radius 2 is 1.68 bits per heavy atom. The molecule has 0 aliphatic carbocycles. The van der Waals surface area contributed by atoms with Crippen molar-refractivity contribution in [3.63, 3.8) is 0 Å². The van der Waals surface area contributed by atoms with Crippen LogP contribution in [0.5, 0.6) is 0 Å². The summed E-state index contributed by atoms with van der Waals surface area (Å²) >= 11 is 1.39. The van der Waals surface area contributed by atoms with Gasteiger partial charge in [0, 0.05) is 17.8 Å². The normalized spacial score (nSPS) is 10.7. The van der Waals surface area contributed by atoms with E-state index in [1.54, 1.807) is 0 Å². The molecule has 1 aromatic heterocycles. The van der Waals surface area contributed by atoms with Gasteiger partial charge in [-0.15, -0.1) is 10.2 Å². The molecule has 0 saturated heterocycles. The van der Waals surface area contributed by atoms with Gasteiger partial charge in [-0.3, -0.25) is 9.36 Å². The first-order chi connectivity index (χ1) is 15.2. The smallest absolute Gasteiger partial charge is 0.230 e. The molecule has 0 aliphatic rings. The van der Waals surface area contributed by atoms with Crippen LogP contribution in [0.25, 0.3) is 17.1 Å². The number of rotatable bonds is 8. The molecule has 5 nitrogen and oxygen atoms in total. The molecule has 1 heterocycles. The number of carbonyl (C=O) groups excluding carboxylic acids is 1. The predicted octanol–water partition coefficient (Wildman–Crippen LogP) is 4.69. The SMILES string of the molecule is Cc1cccc(-c2nnc(SCC(=O)NCCc3ccccc3)n2-c2ccccc2)c1. The van der Waals surface area contributed by atoms with Gasteiger partial charge in [-0.25, -0.2) is 0 Å². The lowest BCUT2D eigenvalue weighted by molar-refractivity contribution is -0.118. The minimum absolute atomic E-state index is 0.0133. The van der Waals surface area contributed by atoms with E-state index in [1.807, 2.05) is 65.2 Å². The van der Waals surface area contributed by atoms with Crippen LogP contribution in [-0.2, 0) is 11.2 Å². The van der Waals surface area contributed by atoms with Crippen LogP contribution in [0.1, 0.15) is 11.1 Å². The molecule has 31 heavy (non-hydrogen) atoms. The summed E-state index contributed by atoms with van der Waals surface area (Å²) in [5.41, 5.74) is 4.33. The Morgan fingerprint density at radius 3 is 2.42 bits per heavy atom. The molecular formula is C25H24N4OS. The third kappa shape index (κ3) is 5.41. The van der Waals surface area contributed by atoms with E-state index in [2.05, 4.69) is 46.7 Å². The van der Waals surface area contributed by atoms with Gasteiger partial charge >= 0.3 is 0 Å². The molecule has 0 fully saturated rings. The number of nitrogens with one attached hydrogen (secondary N) is 1. The van der Waals surface area contributed by atoms with Crippen LogP contribution in [0.15, 0.2) is 90.1 Å².